The average Bonchev–Trinajstić information content (AvgIpc) is 2.46. The van der Waals surface area contributed by atoms with Gasteiger partial charge in [0.05, 0.1) is 13.0 Å². The molecule has 13 heavy (non-hydrogen) atoms. The van der Waals surface area contributed by atoms with Crippen LogP contribution in [0.25, 0.3) is 0 Å². The fourth-order valence-corrected chi connectivity index (χ4v) is 2.49. The maximum Gasteiger partial charge on any atom is 0.308 e. The molecule has 0 spiro atoms. The second-order valence-electron chi connectivity index (χ2n) is 4.61. The van der Waals surface area contributed by atoms with Crippen LogP contribution in [0, 0.1) is 23.7 Å². The van der Waals surface area contributed by atoms with Crippen LogP contribution >= 0.6 is 0 Å². The van der Waals surface area contributed by atoms with Gasteiger partial charge in [0.25, 0.3) is 0 Å². The van der Waals surface area contributed by atoms with Crippen LogP contribution in [-0.2, 0) is 9.53 Å². The lowest BCUT2D eigenvalue weighted by atomic mass is 9.86. The Hall–Kier alpha value is -0.530. The largest absolute Gasteiger partial charge is 0.469 e. The molecule has 2 unspecified atom stereocenters. The number of carbonyl (C=O) groups excluding carboxylic acids is 1. The molecule has 0 aromatic carbocycles. The summed E-state index contributed by atoms with van der Waals surface area (Å²) in [5.74, 6) is 1.94. The number of rotatable bonds is 2. The van der Waals surface area contributed by atoms with Crippen LogP contribution in [-0.4, -0.2) is 13.1 Å². The van der Waals surface area contributed by atoms with Crippen molar-refractivity contribution in [3.8, 4) is 0 Å². The van der Waals surface area contributed by atoms with E-state index in [4.69, 9.17) is 4.74 Å². The highest BCUT2D eigenvalue weighted by atomic mass is 16.5. The molecule has 1 rings (SSSR count). The molecule has 0 radical (unpaired) electrons. The molecule has 0 aromatic rings. The zero-order valence-corrected chi connectivity index (χ0v) is 9.04. The summed E-state index contributed by atoms with van der Waals surface area (Å²) in [6.07, 6.45) is 2.19. The maximum atomic E-state index is 11.5. The molecule has 0 N–H and O–H groups in total. The van der Waals surface area contributed by atoms with E-state index in [-0.39, 0.29) is 11.9 Å². The number of ether oxygens (including phenoxy) is 1. The van der Waals surface area contributed by atoms with Gasteiger partial charge in [-0.1, -0.05) is 20.8 Å². The molecule has 3 atom stereocenters. The smallest absolute Gasteiger partial charge is 0.308 e. The standard InChI is InChI=1S/C11H20O2/c1-7(2)9-5-8(3)6-10(9)11(12)13-4/h7-10H,5-6H2,1-4H3/t8-,9?,10?/m1/s1. The van der Waals surface area contributed by atoms with Crippen molar-refractivity contribution in [2.24, 2.45) is 23.7 Å². The molecule has 1 fully saturated rings. The minimum atomic E-state index is -0.0111. The average molecular weight is 184 g/mol. The fraction of sp³-hybridized carbons (Fsp3) is 0.909. The van der Waals surface area contributed by atoms with Crippen LogP contribution < -0.4 is 0 Å². The van der Waals surface area contributed by atoms with E-state index in [1.807, 2.05) is 0 Å². The van der Waals surface area contributed by atoms with E-state index < -0.39 is 0 Å². The molecule has 0 aliphatic heterocycles. The fourth-order valence-electron chi connectivity index (χ4n) is 2.49. The van der Waals surface area contributed by atoms with Crippen molar-refractivity contribution in [2.75, 3.05) is 7.11 Å². The van der Waals surface area contributed by atoms with E-state index >= 15 is 0 Å². The Bertz CT molecular complexity index is 187. The van der Waals surface area contributed by atoms with E-state index in [1.54, 1.807) is 0 Å². The van der Waals surface area contributed by atoms with Gasteiger partial charge in [-0.05, 0) is 30.6 Å². The van der Waals surface area contributed by atoms with Gasteiger partial charge in [0.15, 0.2) is 0 Å². The minimum absolute atomic E-state index is 0.0111. The van der Waals surface area contributed by atoms with Crippen LogP contribution in [0.2, 0.25) is 0 Å². The highest BCUT2D eigenvalue weighted by Crippen LogP contribution is 2.40. The summed E-state index contributed by atoms with van der Waals surface area (Å²) in [4.78, 5) is 11.5. The number of hydrogen-bond acceptors (Lipinski definition) is 2. The monoisotopic (exact) mass is 184 g/mol. The summed E-state index contributed by atoms with van der Waals surface area (Å²) in [6.45, 7) is 6.61. The van der Waals surface area contributed by atoms with Crippen molar-refractivity contribution in [2.45, 2.75) is 33.6 Å². The van der Waals surface area contributed by atoms with Gasteiger partial charge in [0.1, 0.15) is 0 Å². The van der Waals surface area contributed by atoms with Crippen LogP contribution in [0.4, 0.5) is 0 Å². The van der Waals surface area contributed by atoms with E-state index in [1.165, 1.54) is 13.5 Å². The van der Waals surface area contributed by atoms with Gasteiger partial charge in [0, 0.05) is 0 Å². The Balaban J connectivity index is 2.66. The predicted molar refractivity (Wildman–Crippen MR) is 52.2 cm³/mol. The van der Waals surface area contributed by atoms with Crippen molar-refractivity contribution in [3.05, 3.63) is 0 Å². The third kappa shape index (κ3) is 2.23. The van der Waals surface area contributed by atoms with Gasteiger partial charge < -0.3 is 4.74 Å². The number of hydrogen-bond donors (Lipinski definition) is 0. The predicted octanol–water partition coefficient (Wildman–Crippen LogP) is 2.48. The van der Waals surface area contributed by atoms with Crippen LogP contribution in [0.15, 0.2) is 0 Å². The van der Waals surface area contributed by atoms with E-state index in [0.717, 1.165) is 6.42 Å². The molecule has 2 nitrogen and oxygen atoms in total. The van der Waals surface area contributed by atoms with Gasteiger partial charge in [-0.15, -0.1) is 0 Å². The molecule has 1 aliphatic carbocycles. The second kappa shape index (κ2) is 4.12. The molecule has 2 heteroatoms. The summed E-state index contributed by atoms with van der Waals surface area (Å²) < 4.78 is 4.82. The molecular weight excluding hydrogens is 164 g/mol. The summed E-state index contributed by atoms with van der Waals surface area (Å²) in [5, 5.41) is 0. The van der Waals surface area contributed by atoms with Gasteiger partial charge in [-0.2, -0.15) is 0 Å². The first-order valence-electron chi connectivity index (χ1n) is 5.14. The normalized spacial score (nSPS) is 33.8. The molecule has 76 valence electrons. The van der Waals surface area contributed by atoms with Gasteiger partial charge in [-0.25, -0.2) is 0 Å². The number of esters is 1. The van der Waals surface area contributed by atoms with Crippen LogP contribution in [0.1, 0.15) is 33.6 Å². The highest BCUT2D eigenvalue weighted by Gasteiger charge is 2.38. The summed E-state index contributed by atoms with van der Waals surface area (Å²) in [7, 11) is 1.49. The number of carbonyl (C=O) groups is 1. The zero-order valence-electron chi connectivity index (χ0n) is 9.04. The highest BCUT2D eigenvalue weighted by molar-refractivity contribution is 5.73. The van der Waals surface area contributed by atoms with E-state index in [2.05, 4.69) is 20.8 Å². The molecule has 0 aromatic heterocycles. The lowest BCUT2D eigenvalue weighted by molar-refractivity contribution is -0.147. The molecule has 0 saturated heterocycles. The summed E-state index contributed by atoms with van der Waals surface area (Å²) >= 11 is 0. The Kier molecular flexibility index (Phi) is 3.34. The molecule has 1 saturated carbocycles. The molecule has 0 amide bonds. The Morgan fingerprint density at radius 2 is 2.00 bits per heavy atom. The SMILES string of the molecule is COC(=O)C1C[C@H](C)CC1C(C)C. The quantitative estimate of drug-likeness (QED) is 0.616. The second-order valence-corrected chi connectivity index (χ2v) is 4.61. The molecule has 0 heterocycles. The third-order valence-corrected chi connectivity index (χ3v) is 3.21. The van der Waals surface area contributed by atoms with Crippen molar-refractivity contribution < 1.29 is 9.53 Å². The number of methoxy groups -OCH3 is 1. The topological polar surface area (TPSA) is 26.3 Å². The minimum Gasteiger partial charge on any atom is -0.469 e. The third-order valence-electron chi connectivity index (χ3n) is 3.21. The Labute approximate surface area is 80.7 Å². The lowest BCUT2D eigenvalue weighted by Gasteiger charge is -2.20. The molecule has 0 bridgehead atoms. The van der Waals surface area contributed by atoms with Crippen molar-refractivity contribution in [1.82, 2.24) is 0 Å². The van der Waals surface area contributed by atoms with Crippen LogP contribution in [0.5, 0.6) is 0 Å². The first-order chi connectivity index (χ1) is 6.06. The Morgan fingerprint density at radius 3 is 2.46 bits per heavy atom. The van der Waals surface area contributed by atoms with Crippen molar-refractivity contribution in [3.63, 3.8) is 0 Å². The van der Waals surface area contributed by atoms with Gasteiger partial charge in [0.2, 0.25) is 0 Å². The first kappa shape index (κ1) is 10.6. The van der Waals surface area contributed by atoms with Crippen molar-refractivity contribution in [1.29, 1.82) is 0 Å². The van der Waals surface area contributed by atoms with Gasteiger partial charge in [-0.3, -0.25) is 4.79 Å². The zero-order chi connectivity index (χ0) is 10.0. The first-order valence-corrected chi connectivity index (χ1v) is 5.14. The molecule has 1 aliphatic rings. The van der Waals surface area contributed by atoms with E-state index in [0.29, 0.717) is 17.8 Å². The lowest BCUT2D eigenvalue weighted by Crippen LogP contribution is -2.23. The summed E-state index contributed by atoms with van der Waals surface area (Å²) in [6, 6.07) is 0. The van der Waals surface area contributed by atoms with Gasteiger partial charge >= 0.3 is 5.97 Å². The maximum absolute atomic E-state index is 11.5. The molecular formula is C11H20O2. The summed E-state index contributed by atoms with van der Waals surface area (Å²) in [5.41, 5.74) is 0. The Morgan fingerprint density at radius 1 is 1.38 bits per heavy atom. The van der Waals surface area contributed by atoms with Crippen LogP contribution in [0.3, 0.4) is 0 Å². The van der Waals surface area contributed by atoms with E-state index in [9.17, 15) is 4.79 Å². The van der Waals surface area contributed by atoms with Crippen molar-refractivity contribution >= 4 is 5.97 Å².